The van der Waals surface area contributed by atoms with Gasteiger partial charge in [-0.25, -0.2) is 0 Å². The first-order chi connectivity index (χ1) is 14.6. The van der Waals surface area contributed by atoms with E-state index < -0.39 is 5.91 Å². The highest BCUT2D eigenvalue weighted by atomic mass is 16.5. The van der Waals surface area contributed by atoms with Crippen LogP contribution in [0.2, 0.25) is 0 Å². The highest BCUT2D eigenvalue weighted by Gasteiger charge is 2.15. The first-order valence-corrected chi connectivity index (χ1v) is 8.93. The molecule has 3 aromatic rings. The quantitative estimate of drug-likeness (QED) is 0.460. The van der Waals surface area contributed by atoms with Gasteiger partial charge >= 0.3 is 0 Å². The average Bonchev–Trinajstić information content (AvgIpc) is 3.25. The number of aromatic amines is 1. The van der Waals surface area contributed by atoms with Crippen LogP contribution >= 0.6 is 0 Å². The van der Waals surface area contributed by atoms with Gasteiger partial charge in [0.2, 0.25) is 0 Å². The number of rotatable bonds is 7. The van der Waals surface area contributed by atoms with E-state index in [2.05, 4.69) is 15.5 Å². The maximum absolute atomic E-state index is 12.6. The van der Waals surface area contributed by atoms with Crippen LogP contribution in [0.4, 0.5) is 5.69 Å². The summed E-state index contributed by atoms with van der Waals surface area (Å²) in [5.74, 6) is 1.08. The van der Waals surface area contributed by atoms with Gasteiger partial charge in [0, 0.05) is 11.1 Å². The van der Waals surface area contributed by atoms with Crippen molar-refractivity contribution < 1.29 is 19.0 Å². The molecule has 0 unspecified atom stereocenters. The van der Waals surface area contributed by atoms with E-state index in [-0.39, 0.29) is 5.57 Å². The van der Waals surface area contributed by atoms with Crippen molar-refractivity contribution >= 4 is 17.7 Å². The van der Waals surface area contributed by atoms with Crippen LogP contribution < -0.4 is 19.5 Å². The van der Waals surface area contributed by atoms with Gasteiger partial charge in [-0.2, -0.15) is 10.4 Å². The number of benzene rings is 2. The van der Waals surface area contributed by atoms with Gasteiger partial charge in [0.15, 0.2) is 11.5 Å². The topological polar surface area (TPSA) is 109 Å². The monoisotopic (exact) mass is 404 g/mol. The van der Waals surface area contributed by atoms with Crippen LogP contribution in [-0.2, 0) is 4.79 Å². The molecule has 0 atom stereocenters. The Bertz CT molecular complexity index is 1130. The molecule has 2 aromatic carbocycles. The van der Waals surface area contributed by atoms with Gasteiger partial charge in [0.1, 0.15) is 17.4 Å². The number of aromatic nitrogens is 2. The van der Waals surface area contributed by atoms with Gasteiger partial charge in [-0.15, -0.1) is 0 Å². The normalized spacial score (nSPS) is 10.8. The molecule has 0 radical (unpaired) electrons. The third-order valence-corrected chi connectivity index (χ3v) is 4.36. The van der Waals surface area contributed by atoms with Crippen molar-refractivity contribution in [2.75, 3.05) is 26.6 Å². The van der Waals surface area contributed by atoms with Crippen molar-refractivity contribution in [1.82, 2.24) is 10.2 Å². The van der Waals surface area contributed by atoms with E-state index >= 15 is 0 Å². The molecule has 8 nitrogen and oxygen atoms in total. The molecule has 0 aliphatic rings. The third-order valence-electron chi connectivity index (χ3n) is 4.36. The predicted octanol–water partition coefficient (Wildman–Crippen LogP) is 3.65. The van der Waals surface area contributed by atoms with Crippen LogP contribution in [0.5, 0.6) is 17.2 Å². The number of para-hydroxylation sites is 2. The Balaban J connectivity index is 1.92. The second-order valence-corrected chi connectivity index (χ2v) is 6.09. The van der Waals surface area contributed by atoms with Crippen LogP contribution in [0.15, 0.2) is 54.2 Å². The molecule has 0 bridgehead atoms. The number of hydrogen-bond acceptors (Lipinski definition) is 6. The summed E-state index contributed by atoms with van der Waals surface area (Å²) < 4.78 is 15.8. The minimum atomic E-state index is -0.554. The summed E-state index contributed by atoms with van der Waals surface area (Å²) >= 11 is 0. The minimum Gasteiger partial charge on any atom is -0.495 e. The largest absolute Gasteiger partial charge is 0.495 e. The lowest BCUT2D eigenvalue weighted by molar-refractivity contribution is -0.112. The second-order valence-electron chi connectivity index (χ2n) is 6.09. The second kappa shape index (κ2) is 9.30. The molecular weight excluding hydrogens is 384 g/mol. The lowest BCUT2D eigenvalue weighted by atomic mass is 10.1. The molecule has 0 spiro atoms. The van der Waals surface area contributed by atoms with Gasteiger partial charge < -0.3 is 19.5 Å². The van der Waals surface area contributed by atoms with Gasteiger partial charge in [-0.1, -0.05) is 12.1 Å². The van der Waals surface area contributed by atoms with Crippen molar-refractivity contribution in [1.29, 1.82) is 5.26 Å². The smallest absolute Gasteiger partial charge is 0.266 e. The fourth-order valence-corrected chi connectivity index (χ4v) is 2.87. The zero-order valence-electron chi connectivity index (χ0n) is 16.7. The van der Waals surface area contributed by atoms with Crippen molar-refractivity contribution in [3.8, 4) is 34.6 Å². The van der Waals surface area contributed by atoms with E-state index in [1.165, 1.54) is 13.2 Å². The molecule has 0 aliphatic heterocycles. The van der Waals surface area contributed by atoms with Crippen LogP contribution in [0.3, 0.4) is 0 Å². The Hall–Kier alpha value is -4.25. The molecule has 152 valence electrons. The van der Waals surface area contributed by atoms with Crippen LogP contribution in [-0.4, -0.2) is 37.4 Å². The van der Waals surface area contributed by atoms with E-state index in [1.54, 1.807) is 56.8 Å². The van der Waals surface area contributed by atoms with E-state index in [9.17, 15) is 10.1 Å². The number of nitriles is 1. The standard InChI is InChI=1S/C22H20N4O4/c1-28-18-7-5-4-6-17(18)25-22(27)15(12-23)10-16-13-24-26-21(16)14-8-9-19(29-2)20(11-14)30-3/h4-11,13H,1-3H3,(H,24,26)(H,25,27)/b15-10+. The zero-order valence-corrected chi connectivity index (χ0v) is 16.7. The Morgan fingerprint density at radius 1 is 1.07 bits per heavy atom. The number of methoxy groups -OCH3 is 3. The molecule has 2 N–H and O–H groups in total. The maximum Gasteiger partial charge on any atom is 0.266 e. The van der Waals surface area contributed by atoms with E-state index in [1.807, 2.05) is 12.1 Å². The van der Waals surface area contributed by atoms with Gasteiger partial charge in [0.25, 0.3) is 5.91 Å². The van der Waals surface area contributed by atoms with Gasteiger partial charge in [-0.05, 0) is 36.4 Å². The average molecular weight is 404 g/mol. The van der Waals surface area contributed by atoms with Crippen LogP contribution in [0, 0.1) is 11.3 Å². The summed E-state index contributed by atoms with van der Waals surface area (Å²) in [7, 11) is 4.61. The lowest BCUT2D eigenvalue weighted by Gasteiger charge is -2.10. The summed E-state index contributed by atoms with van der Waals surface area (Å²) in [6.07, 6.45) is 3.01. The zero-order chi connectivity index (χ0) is 21.5. The van der Waals surface area contributed by atoms with Crippen LogP contribution in [0.25, 0.3) is 17.3 Å². The predicted molar refractivity (Wildman–Crippen MR) is 112 cm³/mol. The Kier molecular flexibility index (Phi) is 6.35. The van der Waals surface area contributed by atoms with Crippen molar-refractivity contribution in [3.05, 3.63) is 59.8 Å². The number of H-pyrrole nitrogens is 1. The fraction of sp³-hybridized carbons (Fsp3) is 0.136. The highest BCUT2D eigenvalue weighted by molar-refractivity contribution is 6.10. The van der Waals surface area contributed by atoms with E-state index in [0.29, 0.717) is 34.2 Å². The number of nitrogens with one attached hydrogen (secondary N) is 2. The number of carbonyl (C=O) groups excluding carboxylic acids is 1. The SMILES string of the molecule is COc1ccccc1NC(=O)/C(C#N)=C/c1cn[nH]c1-c1ccc(OC)c(OC)c1. The number of amides is 1. The summed E-state index contributed by atoms with van der Waals surface area (Å²) in [5.41, 5.74) is 2.36. The number of anilines is 1. The molecular formula is C22H20N4O4. The molecule has 0 saturated heterocycles. The maximum atomic E-state index is 12.6. The van der Waals surface area contributed by atoms with Crippen molar-refractivity contribution in [2.45, 2.75) is 0 Å². The minimum absolute atomic E-state index is 0.0796. The molecule has 1 aromatic heterocycles. The summed E-state index contributed by atoms with van der Waals surface area (Å²) in [4.78, 5) is 12.6. The molecule has 30 heavy (non-hydrogen) atoms. The first kappa shape index (κ1) is 20.5. The molecule has 1 heterocycles. The van der Waals surface area contributed by atoms with Crippen LogP contribution in [0.1, 0.15) is 5.56 Å². The molecule has 1 amide bonds. The molecule has 0 saturated carbocycles. The molecule has 0 fully saturated rings. The molecule has 0 aliphatic carbocycles. The third kappa shape index (κ3) is 4.25. The number of hydrogen-bond donors (Lipinski definition) is 2. The summed E-state index contributed by atoms with van der Waals surface area (Å²) in [5, 5.41) is 19.2. The van der Waals surface area contributed by atoms with E-state index in [0.717, 1.165) is 5.56 Å². The molecule has 8 heteroatoms. The van der Waals surface area contributed by atoms with E-state index in [4.69, 9.17) is 14.2 Å². The lowest BCUT2D eigenvalue weighted by Crippen LogP contribution is -2.14. The summed E-state index contributed by atoms with van der Waals surface area (Å²) in [6.45, 7) is 0. The number of ether oxygens (including phenoxy) is 3. The highest BCUT2D eigenvalue weighted by Crippen LogP contribution is 2.33. The first-order valence-electron chi connectivity index (χ1n) is 8.93. The summed E-state index contributed by atoms with van der Waals surface area (Å²) in [6, 6.07) is 14.3. The Labute approximate surface area is 173 Å². The fourth-order valence-electron chi connectivity index (χ4n) is 2.87. The van der Waals surface area contributed by atoms with Crippen molar-refractivity contribution in [3.63, 3.8) is 0 Å². The Morgan fingerprint density at radius 3 is 2.50 bits per heavy atom. The Morgan fingerprint density at radius 2 is 1.80 bits per heavy atom. The molecule has 3 rings (SSSR count). The van der Waals surface area contributed by atoms with Gasteiger partial charge in [-0.3, -0.25) is 9.89 Å². The van der Waals surface area contributed by atoms with Gasteiger partial charge in [0.05, 0.1) is 38.9 Å². The number of carbonyl (C=O) groups is 1. The number of nitrogens with zero attached hydrogens (tertiary/aromatic N) is 2. The van der Waals surface area contributed by atoms with Crippen molar-refractivity contribution in [2.24, 2.45) is 0 Å².